The Morgan fingerprint density at radius 2 is 1.50 bits per heavy atom. The summed E-state index contributed by atoms with van der Waals surface area (Å²) in [6, 6.07) is 13.1. The minimum absolute atomic E-state index is 0.246. The third-order valence-corrected chi connectivity index (χ3v) is 14.0. The molecule has 3 saturated carbocycles. The zero-order valence-corrected chi connectivity index (χ0v) is 33.8. The zero-order valence-electron chi connectivity index (χ0n) is 32.3. The molecule has 4 heterocycles. The van der Waals surface area contributed by atoms with E-state index in [1.165, 1.54) is 0 Å². The Bertz CT molecular complexity index is 2190. The fourth-order valence-corrected chi connectivity index (χ4v) is 9.95. The van der Waals surface area contributed by atoms with E-state index < -0.39 is 11.4 Å². The number of imidazole rings is 1. The van der Waals surface area contributed by atoms with E-state index in [-0.39, 0.29) is 17.2 Å². The molecule has 13 heteroatoms. The number of hydrogen-bond donors (Lipinski definition) is 3. The molecule has 2 bridgehead atoms. The number of carbonyl (C=O) groups excluding carboxylic acids is 2. The maximum atomic E-state index is 13.7. The molecule has 3 aliphatic carbocycles. The lowest BCUT2D eigenvalue weighted by molar-refractivity contribution is -0.159. The van der Waals surface area contributed by atoms with Gasteiger partial charge in [-0.1, -0.05) is 47.5 Å². The van der Waals surface area contributed by atoms with E-state index in [0.29, 0.717) is 56.7 Å². The van der Waals surface area contributed by atoms with Gasteiger partial charge in [-0.3, -0.25) is 29.2 Å². The van der Waals surface area contributed by atoms with Crippen molar-refractivity contribution in [1.82, 2.24) is 24.3 Å². The summed E-state index contributed by atoms with van der Waals surface area (Å²) in [4.78, 5) is 53.1. The number of carboxylic acid groups (broad SMARTS) is 1. The van der Waals surface area contributed by atoms with Crippen LogP contribution in [-0.2, 0) is 37.8 Å². The van der Waals surface area contributed by atoms with Gasteiger partial charge in [-0.2, -0.15) is 0 Å². The summed E-state index contributed by atoms with van der Waals surface area (Å²) in [6.45, 7) is 8.63. The molecule has 0 saturated heterocycles. The number of benzene rings is 2. The molecule has 294 valence electrons. The molecule has 0 unspecified atom stereocenters. The van der Waals surface area contributed by atoms with Crippen molar-refractivity contribution in [3.8, 4) is 11.1 Å². The summed E-state index contributed by atoms with van der Waals surface area (Å²) in [6.07, 6.45) is 9.89. The average Bonchev–Trinajstić information content (AvgIpc) is 3.54. The fraction of sp³-hybridized carbons (Fsp3) is 0.465. The third-order valence-electron chi connectivity index (χ3n) is 13.2. The van der Waals surface area contributed by atoms with Crippen LogP contribution < -0.4 is 10.6 Å². The van der Waals surface area contributed by atoms with E-state index >= 15 is 0 Å². The standard InChI is InChI=1S/C43H49Cl2N7O4/c1-26(2)52-20-10-27-22-33(46-23-28(27)24-52)39(53)48-31-8-4-6-29(36(31)44)30-7-5-9-32(37(30)45)49-40(54)38-47-34-25-51(19-11-35(34)50(38)3)21-18-42-12-15-43(16-13-42,17-14-42)41(55)56/h4-9,22-23,26H,10-21,24-25H2,1-3H3,(H,48,53)(H,49,54)(H,55,56). The van der Waals surface area contributed by atoms with Crippen molar-refractivity contribution in [2.24, 2.45) is 17.9 Å². The summed E-state index contributed by atoms with van der Waals surface area (Å²) >= 11 is 13.9. The number of carboxylic acids is 1. The lowest BCUT2D eigenvalue weighted by Crippen LogP contribution is -2.47. The number of aliphatic carboxylic acids is 1. The van der Waals surface area contributed by atoms with Gasteiger partial charge in [-0.15, -0.1) is 0 Å². The minimum Gasteiger partial charge on any atom is -0.481 e. The van der Waals surface area contributed by atoms with Gasteiger partial charge in [0, 0.05) is 68.7 Å². The number of fused-ring (bicyclic) bond motifs is 5. The van der Waals surface area contributed by atoms with Crippen LogP contribution in [0.2, 0.25) is 10.0 Å². The highest BCUT2D eigenvalue weighted by Crippen LogP contribution is 2.58. The number of hydrogen-bond acceptors (Lipinski definition) is 7. The Hall–Kier alpha value is -4.29. The number of rotatable bonds is 10. The van der Waals surface area contributed by atoms with Crippen molar-refractivity contribution in [1.29, 1.82) is 0 Å². The summed E-state index contributed by atoms with van der Waals surface area (Å²) in [5, 5.41) is 16.3. The summed E-state index contributed by atoms with van der Waals surface area (Å²) < 4.78 is 1.88. The number of nitrogens with zero attached hydrogens (tertiary/aromatic N) is 5. The van der Waals surface area contributed by atoms with Crippen molar-refractivity contribution >= 4 is 52.4 Å². The second-order valence-electron chi connectivity index (χ2n) is 16.6. The number of pyridine rings is 1. The van der Waals surface area contributed by atoms with Crippen LogP contribution in [0.25, 0.3) is 11.1 Å². The van der Waals surface area contributed by atoms with Crippen molar-refractivity contribution in [3.63, 3.8) is 0 Å². The SMILES string of the molecule is CC(C)N1CCc2cc(C(=O)Nc3cccc(-c4cccc(NC(=O)c5nc6c(n5C)CCN(CCC57CCC(C(=O)O)(CC5)CC7)C6)c4Cl)c3Cl)ncc2C1. The van der Waals surface area contributed by atoms with E-state index in [2.05, 4.69) is 39.3 Å². The Labute approximate surface area is 337 Å². The fourth-order valence-electron chi connectivity index (χ4n) is 9.40. The van der Waals surface area contributed by atoms with Gasteiger partial charge < -0.3 is 20.3 Å². The van der Waals surface area contributed by atoms with E-state index in [1.54, 1.807) is 30.5 Å². The molecule has 2 aromatic carbocycles. The van der Waals surface area contributed by atoms with Gasteiger partial charge in [0.1, 0.15) is 5.69 Å². The second kappa shape index (κ2) is 15.2. The van der Waals surface area contributed by atoms with Crippen LogP contribution in [0.1, 0.15) is 102 Å². The molecule has 5 aliphatic rings. The molecule has 11 nitrogen and oxygen atoms in total. The summed E-state index contributed by atoms with van der Waals surface area (Å²) in [5.74, 6) is -1.01. The average molecular weight is 799 g/mol. The van der Waals surface area contributed by atoms with Gasteiger partial charge >= 0.3 is 5.97 Å². The smallest absolute Gasteiger partial charge is 0.309 e. The quantitative estimate of drug-likeness (QED) is 0.146. The Morgan fingerprint density at radius 3 is 2.12 bits per heavy atom. The van der Waals surface area contributed by atoms with E-state index in [0.717, 1.165) is 106 Å². The molecule has 3 fully saturated rings. The maximum absolute atomic E-state index is 13.7. The van der Waals surface area contributed by atoms with Crippen LogP contribution in [0.15, 0.2) is 48.7 Å². The van der Waals surface area contributed by atoms with Gasteiger partial charge in [0.05, 0.1) is 32.5 Å². The van der Waals surface area contributed by atoms with Crippen LogP contribution >= 0.6 is 23.2 Å². The number of carbonyl (C=O) groups is 3. The Morgan fingerprint density at radius 1 is 0.857 bits per heavy atom. The van der Waals surface area contributed by atoms with Gasteiger partial charge in [-0.25, -0.2) is 4.98 Å². The lowest BCUT2D eigenvalue weighted by atomic mass is 9.53. The van der Waals surface area contributed by atoms with E-state index in [1.807, 2.05) is 29.8 Å². The van der Waals surface area contributed by atoms with Crippen molar-refractivity contribution < 1.29 is 19.5 Å². The van der Waals surface area contributed by atoms with Crippen LogP contribution in [-0.4, -0.2) is 72.9 Å². The number of halogens is 2. The van der Waals surface area contributed by atoms with Crippen LogP contribution in [0.4, 0.5) is 11.4 Å². The predicted octanol–water partition coefficient (Wildman–Crippen LogP) is 8.23. The topological polar surface area (TPSA) is 133 Å². The van der Waals surface area contributed by atoms with Crippen molar-refractivity contribution in [3.05, 3.63) is 92.7 Å². The van der Waals surface area contributed by atoms with E-state index in [4.69, 9.17) is 28.2 Å². The van der Waals surface area contributed by atoms with Gasteiger partial charge in [0.2, 0.25) is 0 Å². The molecule has 56 heavy (non-hydrogen) atoms. The predicted molar refractivity (Wildman–Crippen MR) is 218 cm³/mol. The van der Waals surface area contributed by atoms with Crippen LogP contribution in [0.3, 0.4) is 0 Å². The van der Waals surface area contributed by atoms with Crippen LogP contribution in [0, 0.1) is 10.8 Å². The zero-order chi connectivity index (χ0) is 39.4. The van der Waals surface area contributed by atoms with Gasteiger partial charge in [0.25, 0.3) is 11.8 Å². The molecule has 2 aliphatic heterocycles. The van der Waals surface area contributed by atoms with Crippen molar-refractivity contribution in [2.75, 3.05) is 30.3 Å². The highest BCUT2D eigenvalue weighted by molar-refractivity contribution is 6.40. The molecule has 0 spiro atoms. The van der Waals surface area contributed by atoms with Gasteiger partial charge in [-0.05, 0) is 106 Å². The Kier molecular flexibility index (Phi) is 10.5. The molecular weight excluding hydrogens is 749 g/mol. The first-order chi connectivity index (χ1) is 26.8. The first-order valence-corrected chi connectivity index (χ1v) is 20.5. The number of nitrogens with one attached hydrogen (secondary N) is 2. The monoisotopic (exact) mass is 797 g/mol. The Balaban J connectivity index is 0.925. The lowest BCUT2D eigenvalue weighted by Gasteiger charge is -2.52. The third kappa shape index (κ3) is 7.23. The largest absolute Gasteiger partial charge is 0.481 e. The first-order valence-electron chi connectivity index (χ1n) is 19.8. The molecule has 2 aromatic heterocycles. The highest BCUT2D eigenvalue weighted by Gasteiger charge is 2.52. The normalized spacial score (nSPS) is 22.1. The minimum atomic E-state index is -0.617. The summed E-state index contributed by atoms with van der Waals surface area (Å²) in [5.41, 5.74) is 6.38. The number of amides is 2. The molecule has 3 N–H and O–H groups in total. The molecule has 2 amide bonds. The highest BCUT2D eigenvalue weighted by atomic mass is 35.5. The van der Waals surface area contributed by atoms with E-state index in [9.17, 15) is 19.5 Å². The molecule has 0 atom stereocenters. The van der Waals surface area contributed by atoms with Crippen LogP contribution in [0.5, 0.6) is 0 Å². The number of aromatic nitrogens is 3. The van der Waals surface area contributed by atoms with Gasteiger partial charge in [0.15, 0.2) is 5.82 Å². The summed E-state index contributed by atoms with van der Waals surface area (Å²) in [7, 11) is 1.88. The molecule has 0 radical (unpaired) electrons. The molecule has 4 aromatic rings. The maximum Gasteiger partial charge on any atom is 0.309 e. The second-order valence-corrected chi connectivity index (χ2v) is 17.4. The molecule has 9 rings (SSSR count). The molecular formula is C43H49Cl2N7O4. The first kappa shape index (κ1) is 38.6. The van der Waals surface area contributed by atoms with Crippen molar-refractivity contribution in [2.45, 2.75) is 90.8 Å². The number of anilines is 2.